The van der Waals surface area contributed by atoms with E-state index in [-0.39, 0.29) is 5.78 Å². The Bertz CT molecular complexity index is 574. The molecule has 82 valence electrons. The third-order valence-corrected chi connectivity index (χ3v) is 2.92. The summed E-state index contributed by atoms with van der Waals surface area (Å²) < 4.78 is 1.16. The van der Waals surface area contributed by atoms with Crippen molar-refractivity contribution in [1.29, 1.82) is 0 Å². The van der Waals surface area contributed by atoms with Crippen molar-refractivity contribution in [2.45, 2.75) is 0 Å². The second-order valence-corrected chi connectivity index (χ2v) is 4.70. The Labute approximate surface area is 114 Å². The number of halogens is 1. The number of benzene rings is 2. The molecule has 2 rings (SSSR count). The summed E-state index contributed by atoms with van der Waals surface area (Å²) in [6.07, 6.45) is 0. The van der Waals surface area contributed by atoms with Crippen LogP contribution in [-0.2, 0) is 0 Å². The molecule has 2 heteroatoms. The van der Waals surface area contributed by atoms with Crippen molar-refractivity contribution in [3.63, 3.8) is 0 Å². The van der Waals surface area contributed by atoms with Crippen LogP contribution in [0.3, 0.4) is 0 Å². The normalized spacial score (nSPS) is 9.24. The predicted octanol–water partition coefficient (Wildman–Crippen LogP) is 3.53. The molecule has 0 saturated heterocycles. The molecule has 0 N–H and O–H groups in total. The fourth-order valence-electron chi connectivity index (χ4n) is 1.32. The molecule has 0 fully saturated rings. The Morgan fingerprint density at radius 3 is 2.24 bits per heavy atom. The highest BCUT2D eigenvalue weighted by molar-refractivity contribution is 14.1. The molecule has 0 unspecified atom stereocenters. The number of rotatable bonds is 1. The fraction of sp³-hybridized carbons (Fsp3) is 0. The van der Waals surface area contributed by atoms with E-state index >= 15 is 0 Å². The van der Waals surface area contributed by atoms with Crippen LogP contribution in [0, 0.1) is 15.4 Å². The number of carbonyl (C=O) groups is 1. The van der Waals surface area contributed by atoms with Crippen LogP contribution in [0.1, 0.15) is 15.9 Å². The molecule has 0 spiro atoms. The lowest BCUT2D eigenvalue weighted by Crippen LogP contribution is -1.93. The first-order valence-corrected chi connectivity index (χ1v) is 6.20. The summed E-state index contributed by atoms with van der Waals surface area (Å²) in [7, 11) is 0. The van der Waals surface area contributed by atoms with Gasteiger partial charge in [-0.05, 0) is 52.8 Å². The number of Topliss-reactive ketones (excluding diaryl/α,β-unsaturated/α-hetero) is 1. The minimum absolute atomic E-state index is 0.149. The molecule has 0 aliphatic heterocycles. The zero-order valence-electron chi connectivity index (χ0n) is 8.98. The smallest absolute Gasteiger partial charge is 0.236 e. The van der Waals surface area contributed by atoms with E-state index in [9.17, 15) is 4.79 Å². The van der Waals surface area contributed by atoms with Crippen LogP contribution in [0.25, 0.3) is 0 Å². The van der Waals surface area contributed by atoms with E-state index in [1.807, 2.05) is 42.5 Å². The van der Waals surface area contributed by atoms with Crippen molar-refractivity contribution in [3.8, 4) is 11.8 Å². The lowest BCUT2D eigenvalue weighted by atomic mass is 10.1. The Morgan fingerprint density at radius 1 is 0.941 bits per heavy atom. The fourth-order valence-corrected chi connectivity index (χ4v) is 1.68. The maximum Gasteiger partial charge on any atom is 0.236 e. The van der Waals surface area contributed by atoms with Crippen molar-refractivity contribution in [1.82, 2.24) is 0 Å². The summed E-state index contributed by atoms with van der Waals surface area (Å²) in [5.74, 6) is 5.36. The third-order valence-electron chi connectivity index (χ3n) is 2.20. The first-order chi connectivity index (χ1) is 8.25. The van der Waals surface area contributed by atoms with Crippen LogP contribution >= 0.6 is 22.6 Å². The summed E-state index contributed by atoms with van der Waals surface area (Å²) in [6.45, 7) is 0. The summed E-state index contributed by atoms with van der Waals surface area (Å²) in [5, 5.41) is 0. The maximum absolute atomic E-state index is 11.7. The van der Waals surface area contributed by atoms with Gasteiger partial charge in [0, 0.05) is 14.7 Å². The van der Waals surface area contributed by atoms with Crippen LogP contribution in [0.4, 0.5) is 0 Å². The van der Waals surface area contributed by atoms with E-state index in [0.29, 0.717) is 5.56 Å². The van der Waals surface area contributed by atoms with E-state index in [1.54, 1.807) is 12.1 Å². The Hall–Kier alpha value is -1.60. The van der Waals surface area contributed by atoms with Gasteiger partial charge in [-0.1, -0.05) is 36.3 Å². The zero-order chi connectivity index (χ0) is 12.1. The van der Waals surface area contributed by atoms with Crippen LogP contribution in [0.2, 0.25) is 0 Å². The van der Waals surface area contributed by atoms with Crippen molar-refractivity contribution >= 4 is 28.4 Å². The van der Waals surface area contributed by atoms with Crippen molar-refractivity contribution in [3.05, 3.63) is 69.3 Å². The number of ketones is 1. The molecule has 0 radical (unpaired) electrons. The monoisotopic (exact) mass is 332 g/mol. The van der Waals surface area contributed by atoms with E-state index in [4.69, 9.17) is 0 Å². The van der Waals surface area contributed by atoms with Crippen LogP contribution in [-0.4, -0.2) is 5.78 Å². The molecule has 2 aromatic rings. The highest BCUT2D eigenvalue weighted by atomic mass is 127. The molecule has 1 nitrogen and oxygen atoms in total. The van der Waals surface area contributed by atoms with Gasteiger partial charge in [-0.3, -0.25) is 4.79 Å². The molecule has 0 saturated carbocycles. The van der Waals surface area contributed by atoms with Crippen LogP contribution in [0.5, 0.6) is 0 Å². The Kier molecular flexibility index (Phi) is 3.94. The number of carbonyl (C=O) groups excluding carboxylic acids is 1. The second-order valence-electron chi connectivity index (χ2n) is 3.45. The Balaban J connectivity index is 2.17. The molecule has 2 aromatic carbocycles. The highest BCUT2D eigenvalue weighted by Crippen LogP contribution is 2.05. The van der Waals surface area contributed by atoms with Crippen LogP contribution < -0.4 is 0 Å². The van der Waals surface area contributed by atoms with Gasteiger partial charge in [0.05, 0.1) is 0 Å². The quantitative estimate of drug-likeness (QED) is 0.444. The van der Waals surface area contributed by atoms with Gasteiger partial charge in [-0.25, -0.2) is 0 Å². The van der Waals surface area contributed by atoms with Crippen LogP contribution in [0.15, 0.2) is 54.6 Å². The molecule has 0 bridgehead atoms. The lowest BCUT2D eigenvalue weighted by Gasteiger charge is -1.92. The first kappa shape index (κ1) is 11.9. The van der Waals surface area contributed by atoms with Gasteiger partial charge in [-0.2, -0.15) is 0 Å². The third kappa shape index (κ3) is 3.43. The Morgan fingerprint density at radius 2 is 1.59 bits per heavy atom. The summed E-state index contributed by atoms with van der Waals surface area (Å²) >= 11 is 2.23. The van der Waals surface area contributed by atoms with E-state index in [2.05, 4.69) is 34.4 Å². The van der Waals surface area contributed by atoms with Gasteiger partial charge in [0.15, 0.2) is 0 Å². The molecular formula is C15H9IO. The highest BCUT2D eigenvalue weighted by Gasteiger charge is 1.99. The minimum atomic E-state index is -0.149. The van der Waals surface area contributed by atoms with Gasteiger partial charge in [-0.15, -0.1) is 0 Å². The molecule has 0 heterocycles. The van der Waals surface area contributed by atoms with Gasteiger partial charge < -0.3 is 0 Å². The lowest BCUT2D eigenvalue weighted by molar-refractivity contribution is 0.105. The van der Waals surface area contributed by atoms with Crippen molar-refractivity contribution in [2.24, 2.45) is 0 Å². The van der Waals surface area contributed by atoms with Gasteiger partial charge >= 0.3 is 0 Å². The van der Waals surface area contributed by atoms with Crippen molar-refractivity contribution < 1.29 is 4.79 Å². The average Bonchev–Trinajstić information content (AvgIpc) is 2.39. The number of hydrogen-bond acceptors (Lipinski definition) is 1. The SMILES string of the molecule is O=C(C#Cc1ccc(I)cc1)c1ccccc1. The molecule has 0 amide bonds. The minimum Gasteiger partial charge on any atom is -0.279 e. The predicted molar refractivity (Wildman–Crippen MR) is 76.8 cm³/mol. The molecule has 0 atom stereocenters. The van der Waals surface area contributed by atoms with E-state index < -0.39 is 0 Å². The number of hydrogen-bond donors (Lipinski definition) is 0. The molecule has 17 heavy (non-hydrogen) atoms. The van der Waals surface area contributed by atoms with E-state index in [0.717, 1.165) is 9.13 Å². The summed E-state index contributed by atoms with van der Waals surface area (Å²) in [6, 6.07) is 16.8. The molecular weight excluding hydrogens is 323 g/mol. The van der Waals surface area contributed by atoms with Gasteiger partial charge in [0.1, 0.15) is 0 Å². The maximum atomic E-state index is 11.7. The molecule has 0 aliphatic carbocycles. The van der Waals surface area contributed by atoms with Gasteiger partial charge in [0.2, 0.25) is 5.78 Å². The summed E-state index contributed by atoms with van der Waals surface area (Å²) in [5.41, 5.74) is 1.49. The topological polar surface area (TPSA) is 17.1 Å². The van der Waals surface area contributed by atoms with Crippen molar-refractivity contribution in [2.75, 3.05) is 0 Å². The largest absolute Gasteiger partial charge is 0.279 e. The molecule has 0 aliphatic rings. The second kappa shape index (κ2) is 5.65. The molecule has 0 aromatic heterocycles. The first-order valence-electron chi connectivity index (χ1n) is 5.13. The zero-order valence-corrected chi connectivity index (χ0v) is 11.1. The van der Waals surface area contributed by atoms with Gasteiger partial charge in [0.25, 0.3) is 0 Å². The average molecular weight is 332 g/mol. The van der Waals surface area contributed by atoms with E-state index in [1.165, 1.54) is 0 Å². The summed E-state index contributed by atoms with van der Waals surface area (Å²) in [4.78, 5) is 11.7. The standard InChI is InChI=1S/C15H9IO/c16-14-9-6-12(7-10-14)8-11-15(17)13-4-2-1-3-5-13/h1-7,9-10H.